The molecule has 128 valence electrons. The third-order valence-corrected chi connectivity index (χ3v) is 5.46. The number of nitrogens with zero attached hydrogens (tertiary/aromatic N) is 3. The second-order valence-corrected chi connectivity index (χ2v) is 6.94. The molecule has 24 heavy (non-hydrogen) atoms. The number of hydrogen-bond acceptors (Lipinski definition) is 5. The molecule has 2 atom stereocenters. The van der Waals surface area contributed by atoms with Gasteiger partial charge in [0.2, 0.25) is 5.91 Å². The van der Waals surface area contributed by atoms with Gasteiger partial charge >= 0.3 is 5.97 Å². The number of aromatic nitrogens is 2. The molecular formula is C16H19N3O4S. The molecular weight excluding hydrogens is 330 g/mol. The lowest BCUT2D eigenvalue weighted by Crippen LogP contribution is -2.49. The van der Waals surface area contributed by atoms with Gasteiger partial charge in [-0.05, 0) is 31.2 Å². The van der Waals surface area contributed by atoms with E-state index in [-0.39, 0.29) is 30.5 Å². The Bertz CT molecular complexity index is 828. The second-order valence-electron chi connectivity index (χ2n) is 6.05. The summed E-state index contributed by atoms with van der Waals surface area (Å²) in [5.41, 5.74) is -0.149. The van der Waals surface area contributed by atoms with Crippen molar-refractivity contribution in [3.05, 3.63) is 28.1 Å². The van der Waals surface area contributed by atoms with Crippen LogP contribution in [0.3, 0.4) is 0 Å². The Hall–Kier alpha value is -2.22. The van der Waals surface area contributed by atoms with Crippen LogP contribution in [-0.4, -0.2) is 44.0 Å². The molecule has 2 aromatic rings. The van der Waals surface area contributed by atoms with Crippen LogP contribution >= 0.6 is 11.3 Å². The zero-order chi connectivity index (χ0) is 17.3. The van der Waals surface area contributed by atoms with Crippen molar-refractivity contribution in [2.45, 2.75) is 38.8 Å². The molecule has 8 heteroatoms. The monoisotopic (exact) mass is 349 g/mol. The number of fused-ring (bicyclic) bond motifs is 1. The smallest absolute Gasteiger partial charge is 0.308 e. The van der Waals surface area contributed by atoms with Crippen LogP contribution in [0.25, 0.3) is 10.2 Å². The van der Waals surface area contributed by atoms with E-state index in [2.05, 4.69) is 4.98 Å². The number of rotatable bonds is 4. The van der Waals surface area contributed by atoms with Gasteiger partial charge in [-0.2, -0.15) is 0 Å². The number of piperidine rings is 1. The number of carboxylic acids is 1. The zero-order valence-corrected chi connectivity index (χ0v) is 14.2. The van der Waals surface area contributed by atoms with Crippen molar-refractivity contribution < 1.29 is 14.7 Å². The molecule has 1 aliphatic heterocycles. The van der Waals surface area contributed by atoms with Crippen LogP contribution < -0.4 is 5.56 Å². The Morgan fingerprint density at radius 2 is 2.25 bits per heavy atom. The Kier molecular flexibility index (Phi) is 4.66. The van der Waals surface area contributed by atoms with Crippen LogP contribution in [0.2, 0.25) is 0 Å². The molecule has 0 aliphatic carbocycles. The van der Waals surface area contributed by atoms with Crippen molar-refractivity contribution in [3.8, 4) is 0 Å². The fraction of sp³-hybridized carbons (Fsp3) is 0.500. The molecule has 2 aromatic heterocycles. The lowest BCUT2D eigenvalue weighted by molar-refractivity contribution is -0.149. The highest BCUT2D eigenvalue weighted by molar-refractivity contribution is 7.16. The van der Waals surface area contributed by atoms with Crippen molar-refractivity contribution in [1.82, 2.24) is 14.5 Å². The Balaban J connectivity index is 1.69. The number of aliphatic carboxylic acids is 1. The summed E-state index contributed by atoms with van der Waals surface area (Å²) in [7, 11) is 0. The Labute approximate surface area is 142 Å². The van der Waals surface area contributed by atoms with E-state index in [9.17, 15) is 19.5 Å². The van der Waals surface area contributed by atoms with Gasteiger partial charge in [0.25, 0.3) is 5.56 Å². The molecule has 0 radical (unpaired) electrons. The molecule has 1 aliphatic rings. The van der Waals surface area contributed by atoms with Gasteiger partial charge in [0, 0.05) is 25.6 Å². The first-order chi connectivity index (χ1) is 11.5. The lowest BCUT2D eigenvalue weighted by atomic mass is 9.90. The van der Waals surface area contributed by atoms with Crippen molar-refractivity contribution >= 4 is 33.4 Å². The van der Waals surface area contributed by atoms with Gasteiger partial charge < -0.3 is 10.0 Å². The minimum absolute atomic E-state index is 0.120. The summed E-state index contributed by atoms with van der Waals surface area (Å²) in [5.74, 6) is -1.50. The largest absolute Gasteiger partial charge is 0.481 e. The number of carbonyl (C=O) groups excluding carboxylic acids is 1. The zero-order valence-electron chi connectivity index (χ0n) is 13.3. The Morgan fingerprint density at radius 3 is 3.00 bits per heavy atom. The molecule has 3 rings (SSSR count). The summed E-state index contributed by atoms with van der Waals surface area (Å²) in [4.78, 5) is 42.6. The van der Waals surface area contributed by atoms with Gasteiger partial charge in [0.15, 0.2) is 0 Å². The van der Waals surface area contributed by atoms with Crippen LogP contribution in [0.1, 0.15) is 26.2 Å². The van der Waals surface area contributed by atoms with E-state index in [4.69, 9.17) is 0 Å². The minimum Gasteiger partial charge on any atom is -0.481 e. The quantitative estimate of drug-likeness (QED) is 0.904. The van der Waals surface area contributed by atoms with Gasteiger partial charge in [-0.1, -0.05) is 0 Å². The van der Waals surface area contributed by atoms with Crippen molar-refractivity contribution in [1.29, 1.82) is 0 Å². The van der Waals surface area contributed by atoms with Gasteiger partial charge in [-0.3, -0.25) is 19.0 Å². The third-order valence-electron chi connectivity index (χ3n) is 4.64. The fourth-order valence-corrected chi connectivity index (χ4v) is 3.96. The highest BCUT2D eigenvalue weighted by atomic mass is 32.1. The van der Waals surface area contributed by atoms with Crippen LogP contribution in [0.4, 0.5) is 0 Å². The molecule has 3 heterocycles. The van der Waals surface area contributed by atoms with Gasteiger partial charge in [0.05, 0.1) is 17.6 Å². The third kappa shape index (κ3) is 3.06. The van der Waals surface area contributed by atoms with E-state index in [0.717, 1.165) is 0 Å². The van der Waals surface area contributed by atoms with E-state index < -0.39 is 11.9 Å². The predicted octanol–water partition coefficient (Wildman–Crippen LogP) is 1.56. The number of carboxylic acid groups (broad SMARTS) is 1. The van der Waals surface area contributed by atoms with Crippen LogP contribution in [0.5, 0.6) is 0 Å². The van der Waals surface area contributed by atoms with Crippen molar-refractivity contribution in [2.24, 2.45) is 5.92 Å². The van der Waals surface area contributed by atoms with Crippen LogP contribution in [0.15, 0.2) is 22.6 Å². The number of carbonyl (C=O) groups is 2. The van der Waals surface area contributed by atoms with E-state index in [1.807, 2.05) is 5.38 Å². The van der Waals surface area contributed by atoms with Gasteiger partial charge in [-0.25, -0.2) is 4.98 Å². The highest BCUT2D eigenvalue weighted by Crippen LogP contribution is 2.24. The molecule has 0 saturated carbocycles. The fourth-order valence-electron chi connectivity index (χ4n) is 3.24. The summed E-state index contributed by atoms with van der Waals surface area (Å²) in [6.45, 7) is 2.60. The molecule has 7 nitrogen and oxygen atoms in total. The van der Waals surface area contributed by atoms with E-state index in [1.165, 1.54) is 22.2 Å². The normalized spacial score (nSPS) is 21.1. The highest BCUT2D eigenvalue weighted by Gasteiger charge is 2.34. The molecule has 1 saturated heterocycles. The maximum Gasteiger partial charge on any atom is 0.308 e. The minimum atomic E-state index is -0.858. The lowest BCUT2D eigenvalue weighted by Gasteiger charge is -2.37. The average molecular weight is 349 g/mol. The number of likely N-dealkylation sites (tertiary alicyclic amines) is 1. The average Bonchev–Trinajstić information content (AvgIpc) is 3.03. The molecule has 0 bridgehead atoms. The number of hydrogen-bond donors (Lipinski definition) is 1. The van der Waals surface area contributed by atoms with Gasteiger partial charge in [-0.15, -0.1) is 11.3 Å². The standard InChI is InChI=1S/C16H19N3O4S/c1-10-11(16(22)23)3-2-6-19(10)13(20)4-7-18-9-17-14-12(15(18)21)5-8-24-14/h5,8-11H,2-4,6-7H2,1H3,(H,22,23)/t10-,11-/m1/s1. The van der Waals surface area contributed by atoms with E-state index in [0.29, 0.717) is 29.6 Å². The summed E-state index contributed by atoms with van der Waals surface area (Å²) < 4.78 is 1.44. The number of aryl methyl sites for hydroxylation is 1. The molecule has 1 N–H and O–H groups in total. The maximum atomic E-state index is 12.5. The van der Waals surface area contributed by atoms with E-state index in [1.54, 1.807) is 17.9 Å². The van der Waals surface area contributed by atoms with Crippen LogP contribution in [0, 0.1) is 5.92 Å². The maximum absolute atomic E-state index is 12.5. The van der Waals surface area contributed by atoms with Crippen molar-refractivity contribution in [2.75, 3.05) is 6.54 Å². The number of amides is 1. The first-order valence-corrected chi connectivity index (χ1v) is 8.82. The molecule has 0 spiro atoms. The Morgan fingerprint density at radius 1 is 1.46 bits per heavy atom. The molecule has 0 unspecified atom stereocenters. The molecule has 1 fully saturated rings. The SMILES string of the molecule is C[C@@H]1[C@H](C(=O)O)CCCN1C(=O)CCn1cnc2sccc2c1=O. The molecule has 0 aromatic carbocycles. The van der Waals surface area contributed by atoms with Gasteiger partial charge in [0.1, 0.15) is 4.83 Å². The number of thiophene rings is 1. The van der Waals surface area contributed by atoms with Crippen LogP contribution in [-0.2, 0) is 16.1 Å². The second kappa shape index (κ2) is 6.72. The first kappa shape index (κ1) is 16.6. The van der Waals surface area contributed by atoms with E-state index >= 15 is 0 Å². The summed E-state index contributed by atoms with van der Waals surface area (Å²) in [6.07, 6.45) is 2.91. The van der Waals surface area contributed by atoms with Crippen molar-refractivity contribution in [3.63, 3.8) is 0 Å². The summed E-state index contributed by atoms with van der Waals surface area (Å²) >= 11 is 1.41. The predicted molar refractivity (Wildman–Crippen MR) is 90.0 cm³/mol. The summed E-state index contributed by atoms with van der Waals surface area (Å²) in [6, 6.07) is 1.41. The summed E-state index contributed by atoms with van der Waals surface area (Å²) in [5, 5.41) is 11.6. The first-order valence-electron chi connectivity index (χ1n) is 7.94. The molecule has 1 amide bonds. The topological polar surface area (TPSA) is 92.5 Å².